The van der Waals surface area contributed by atoms with Crippen molar-refractivity contribution in [2.45, 2.75) is 32.3 Å². The van der Waals surface area contributed by atoms with E-state index in [2.05, 4.69) is 10.8 Å². The monoisotopic (exact) mass is 330 g/mol. The first-order chi connectivity index (χ1) is 11.8. The Kier molecular flexibility index (Phi) is 7.56. The van der Waals surface area contributed by atoms with Gasteiger partial charge in [-0.1, -0.05) is 36.8 Å². The molecule has 0 fully saturated rings. The summed E-state index contributed by atoms with van der Waals surface area (Å²) in [6.07, 6.45) is 4.28. The van der Waals surface area contributed by atoms with Crippen molar-refractivity contribution in [3.63, 3.8) is 0 Å². The second-order valence-electron chi connectivity index (χ2n) is 5.34. The zero-order valence-electron chi connectivity index (χ0n) is 13.5. The van der Waals surface area contributed by atoms with Crippen molar-refractivity contribution < 1.29 is 18.8 Å². The van der Waals surface area contributed by atoms with Crippen LogP contribution in [0.1, 0.15) is 41.8 Å². The van der Waals surface area contributed by atoms with Crippen LogP contribution < -0.4 is 10.8 Å². The number of hydrogen-bond acceptors (Lipinski definition) is 4. The summed E-state index contributed by atoms with van der Waals surface area (Å²) in [6.45, 7) is 0.914. The normalized spacial score (nSPS) is 10.3. The zero-order chi connectivity index (χ0) is 17.0. The highest BCUT2D eigenvalue weighted by atomic mass is 16.6. The fraction of sp³-hybridized carbons (Fsp3) is 0.333. The average molecular weight is 330 g/mol. The molecule has 2 amide bonds. The van der Waals surface area contributed by atoms with Crippen LogP contribution in [0.15, 0.2) is 53.1 Å². The van der Waals surface area contributed by atoms with Gasteiger partial charge in [0, 0.05) is 13.0 Å². The molecular formula is C18H22N2O4. The Morgan fingerprint density at radius 1 is 1.00 bits per heavy atom. The predicted molar refractivity (Wildman–Crippen MR) is 88.9 cm³/mol. The molecule has 0 aliphatic carbocycles. The third-order valence-corrected chi connectivity index (χ3v) is 3.38. The van der Waals surface area contributed by atoms with Crippen LogP contribution >= 0.6 is 0 Å². The van der Waals surface area contributed by atoms with Crippen LogP contribution in [0.4, 0.5) is 0 Å². The Hall–Kier alpha value is -2.60. The first kappa shape index (κ1) is 17.7. The van der Waals surface area contributed by atoms with Crippen molar-refractivity contribution in [3.05, 3.63) is 60.1 Å². The number of unbranched alkanes of at least 4 members (excludes halogenated alkanes) is 2. The molecule has 0 spiro atoms. The van der Waals surface area contributed by atoms with Crippen molar-refractivity contribution in [1.82, 2.24) is 10.8 Å². The lowest BCUT2D eigenvalue weighted by atomic mass is 10.2. The van der Waals surface area contributed by atoms with Crippen molar-refractivity contribution in [2.24, 2.45) is 0 Å². The molecule has 0 saturated carbocycles. The fourth-order valence-electron chi connectivity index (χ4n) is 2.11. The van der Waals surface area contributed by atoms with Crippen LogP contribution in [0.25, 0.3) is 0 Å². The van der Waals surface area contributed by atoms with Gasteiger partial charge in [0.1, 0.15) is 0 Å². The van der Waals surface area contributed by atoms with E-state index in [0.29, 0.717) is 25.3 Å². The van der Waals surface area contributed by atoms with Crippen LogP contribution in [0.3, 0.4) is 0 Å². The lowest BCUT2D eigenvalue weighted by Crippen LogP contribution is -2.24. The van der Waals surface area contributed by atoms with Gasteiger partial charge in [-0.3, -0.25) is 14.4 Å². The summed E-state index contributed by atoms with van der Waals surface area (Å²) in [5.74, 6) is -0.0393. The Bertz CT molecular complexity index is 611. The Labute approximate surface area is 141 Å². The number of nitrogens with one attached hydrogen (secondary N) is 2. The van der Waals surface area contributed by atoms with Crippen molar-refractivity contribution in [3.8, 4) is 0 Å². The molecule has 0 radical (unpaired) electrons. The van der Waals surface area contributed by atoms with Crippen LogP contribution in [0, 0.1) is 0 Å². The molecular weight excluding hydrogens is 308 g/mol. The van der Waals surface area contributed by atoms with Crippen LogP contribution in [-0.4, -0.2) is 18.4 Å². The van der Waals surface area contributed by atoms with E-state index in [-0.39, 0.29) is 11.8 Å². The third-order valence-electron chi connectivity index (χ3n) is 3.38. The quantitative estimate of drug-likeness (QED) is 0.518. The summed E-state index contributed by atoms with van der Waals surface area (Å²) < 4.78 is 5.00. The molecule has 0 saturated heterocycles. The van der Waals surface area contributed by atoms with E-state index in [1.54, 1.807) is 12.1 Å². The summed E-state index contributed by atoms with van der Waals surface area (Å²) in [7, 11) is 0. The Morgan fingerprint density at radius 3 is 2.58 bits per heavy atom. The Balaban J connectivity index is 1.45. The molecule has 2 rings (SSSR count). The number of amides is 2. The fourth-order valence-corrected chi connectivity index (χ4v) is 2.11. The maximum absolute atomic E-state index is 11.6. The minimum Gasteiger partial charge on any atom is -0.459 e. The maximum atomic E-state index is 11.6. The molecule has 2 N–H and O–H groups in total. The topological polar surface area (TPSA) is 80.6 Å². The third kappa shape index (κ3) is 6.66. The molecule has 6 nitrogen and oxygen atoms in total. The van der Waals surface area contributed by atoms with Gasteiger partial charge in [0.25, 0.3) is 5.91 Å². The highest BCUT2D eigenvalue weighted by Gasteiger charge is 2.07. The van der Waals surface area contributed by atoms with Crippen LogP contribution in [0.2, 0.25) is 0 Å². The summed E-state index contributed by atoms with van der Waals surface area (Å²) in [6, 6.07) is 12.9. The van der Waals surface area contributed by atoms with E-state index in [4.69, 9.17) is 9.25 Å². The molecule has 0 unspecified atom stereocenters. The first-order valence-electron chi connectivity index (χ1n) is 8.02. The second-order valence-corrected chi connectivity index (χ2v) is 5.34. The molecule has 128 valence electrons. The first-order valence-corrected chi connectivity index (χ1v) is 8.02. The predicted octanol–water partition coefficient (Wildman–Crippen LogP) is 2.82. The van der Waals surface area contributed by atoms with Gasteiger partial charge >= 0.3 is 0 Å². The van der Waals surface area contributed by atoms with Gasteiger partial charge < -0.3 is 9.73 Å². The summed E-state index contributed by atoms with van der Waals surface area (Å²) in [4.78, 5) is 28.4. The van der Waals surface area contributed by atoms with Gasteiger partial charge in [-0.2, -0.15) is 0 Å². The largest absolute Gasteiger partial charge is 0.459 e. The molecule has 1 heterocycles. The van der Waals surface area contributed by atoms with Gasteiger partial charge in [-0.25, -0.2) is 5.48 Å². The summed E-state index contributed by atoms with van der Waals surface area (Å²) in [5, 5.41) is 2.77. The van der Waals surface area contributed by atoms with E-state index in [0.717, 1.165) is 24.8 Å². The molecule has 1 aromatic heterocycles. The van der Waals surface area contributed by atoms with Gasteiger partial charge in [-0.15, -0.1) is 0 Å². The summed E-state index contributed by atoms with van der Waals surface area (Å²) in [5.41, 5.74) is 3.44. The minimum absolute atomic E-state index is 0.134. The van der Waals surface area contributed by atoms with Crippen molar-refractivity contribution >= 4 is 11.8 Å². The van der Waals surface area contributed by atoms with Gasteiger partial charge in [0.05, 0.1) is 12.9 Å². The highest BCUT2D eigenvalue weighted by molar-refractivity contribution is 5.91. The standard InChI is InChI=1S/C18H22N2O4/c21-17(20-24-14-15-8-3-1-4-9-15)11-5-2-6-12-19-18(22)16-10-7-13-23-16/h1,3-4,7-10,13H,2,5-6,11-12,14H2,(H,19,22)(H,20,21). The lowest BCUT2D eigenvalue weighted by Gasteiger charge is -2.06. The van der Waals surface area contributed by atoms with Crippen molar-refractivity contribution in [2.75, 3.05) is 6.54 Å². The molecule has 0 aliphatic heterocycles. The Morgan fingerprint density at radius 2 is 1.83 bits per heavy atom. The number of benzene rings is 1. The van der Waals surface area contributed by atoms with Crippen molar-refractivity contribution in [1.29, 1.82) is 0 Å². The SMILES string of the molecule is O=C(CCCCCNC(=O)c1ccco1)NOCc1ccccc1. The number of furan rings is 1. The van der Waals surface area contributed by atoms with E-state index in [1.807, 2.05) is 30.3 Å². The van der Waals surface area contributed by atoms with Crippen LogP contribution in [0.5, 0.6) is 0 Å². The number of hydroxylamine groups is 1. The number of carbonyl (C=O) groups excluding carboxylic acids is 2. The lowest BCUT2D eigenvalue weighted by molar-refractivity contribution is -0.134. The second kappa shape index (κ2) is 10.2. The van der Waals surface area contributed by atoms with Gasteiger partial charge in [0.15, 0.2) is 5.76 Å². The molecule has 0 bridgehead atoms. The molecule has 1 aromatic carbocycles. The minimum atomic E-state index is -0.216. The van der Waals surface area contributed by atoms with E-state index in [9.17, 15) is 9.59 Å². The smallest absolute Gasteiger partial charge is 0.286 e. The van der Waals surface area contributed by atoms with E-state index in [1.165, 1.54) is 6.26 Å². The summed E-state index contributed by atoms with van der Waals surface area (Å²) >= 11 is 0. The van der Waals surface area contributed by atoms with Gasteiger partial charge in [0.2, 0.25) is 5.91 Å². The average Bonchev–Trinajstić information content (AvgIpc) is 3.13. The number of rotatable bonds is 10. The number of hydrogen-bond donors (Lipinski definition) is 2. The maximum Gasteiger partial charge on any atom is 0.286 e. The molecule has 6 heteroatoms. The molecule has 0 atom stereocenters. The molecule has 2 aromatic rings. The highest BCUT2D eigenvalue weighted by Crippen LogP contribution is 2.02. The van der Waals surface area contributed by atoms with E-state index >= 15 is 0 Å². The molecule has 24 heavy (non-hydrogen) atoms. The molecule has 0 aliphatic rings. The van der Waals surface area contributed by atoms with E-state index < -0.39 is 0 Å². The zero-order valence-corrected chi connectivity index (χ0v) is 13.5. The van der Waals surface area contributed by atoms with Gasteiger partial charge in [-0.05, 0) is 30.5 Å². The number of carbonyl (C=O) groups is 2. The van der Waals surface area contributed by atoms with Crippen LogP contribution in [-0.2, 0) is 16.2 Å².